The zero-order valence-corrected chi connectivity index (χ0v) is 14.8. The number of H-pyrrole nitrogens is 1. The Morgan fingerprint density at radius 2 is 2.33 bits per heavy atom. The third-order valence-corrected chi connectivity index (χ3v) is 5.04. The van der Waals surface area contributed by atoms with Crippen molar-refractivity contribution >= 4 is 28.2 Å². The van der Waals surface area contributed by atoms with Crippen LogP contribution in [0.2, 0.25) is 0 Å². The number of ketones is 1. The Morgan fingerprint density at radius 3 is 3.04 bits per heavy atom. The van der Waals surface area contributed by atoms with Crippen molar-refractivity contribution in [2.75, 3.05) is 18.4 Å². The Bertz CT molecular complexity index is 737. The molecule has 0 aromatic carbocycles. The SMILES string of the molecule is CC(=O)c1c[nH]c(C(=O)Nc2nc(CN3CCC[C@@H](C)C3)cs2)c1. The Labute approximate surface area is 145 Å². The van der Waals surface area contributed by atoms with Gasteiger partial charge in [-0.05, 0) is 38.3 Å². The maximum atomic E-state index is 12.2. The fourth-order valence-corrected chi connectivity index (χ4v) is 3.69. The summed E-state index contributed by atoms with van der Waals surface area (Å²) in [6, 6.07) is 1.56. The molecule has 2 aromatic rings. The van der Waals surface area contributed by atoms with Crippen LogP contribution in [0, 0.1) is 5.92 Å². The highest BCUT2D eigenvalue weighted by molar-refractivity contribution is 7.13. The van der Waals surface area contributed by atoms with E-state index >= 15 is 0 Å². The summed E-state index contributed by atoms with van der Waals surface area (Å²) in [7, 11) is 0. The normalized spacial score (nSPS) is 18.5. The van der Waals surface area contributed by atoms with Crippen LogP contribution in [0.3, 0.4) is 0 Å². The summed E-state index contributed by atoms with van der Waals surface area (Å²) in [6.45, 7) is 6.80. The maximum Gasteiger partial charge on any atom is 0.273 e. The van der Waals surface area contributed by atoms with Gasteiger partial charge < -0.3 is 4.98 Å². The zero-order valence-electron chi connectivity index (χ0n) is 14.0. The number of anilines is 1. The minimum Gasteiger partial charge on any atom is -0.356 e. The minimum atomic E-state index is -0.282. The van der Waals surface area contributed by atoms with E-state index in [4.69, 9.17) is 0 Å². The molecule has 3 rings (SSSR count). The number of likely N-dealkylation sites (tertiary alicyclic amines) is 1. The molecular formula is C17H22N4O2S. The van der Waals surface area contributed by atoms with E-state index in [0.29, 0.717) is 16.4 Å². The molecule has 3 heterocycles. The molecule has 1 fully saturated rings. The number of rotatable bonds is 5. The molecule has 0 radical (unpaired) electrons. The molecule has 1 aliphatic rings. The summed E-state index contributed by atoms with van der Waals surface area (Å²) < 4.78 is 0. The van der Waals surface area contributed by atoms with E-state index in [1.165, 1.54) is 31.1 Å². The number of piperidine rings is 1. The van der Waals surface area contributed by atoms with Gasteiger partial charge in [-0.25, -0.2) is 4.98 Å². The van der Waals surface area contributed by atoms with Crippen molar-refractivity contribution < 1.29 is 9.59 Å². The van der Waals surface area contributed by atoms with Gasteiger partial charge in [0.25, 0.3) is 5.91 Å². The topological polar surface area (TPSA) is 78.1 Å². The lowest BCUT2D eigenvalue weighted by atomic mass is 10.0. The van der Waals surface area contributed by atoms with Crippen molar-refractivity contribution in [1.82, 2.24) is 14.9 Å². The molecule has 128 valence electrons. The Morgan fingerprint density at radius 1 is 1.50 bits per heavy atom. The molecule has 0 aliphatic carbocycles. The van der Waals surface area contributed by atoms with Gasteiger partial charge in [-0.3, -0.25) is 19.8 Å². The Hall–Kier alpha value is -1.99. The van der Waals surface area contributed by atoms with Crippen LogP contribution in [0.4, 0.5) is 5.13 Å². The van der Waals surface area contributed by atoms with Gasteiger partial charge in [0.1, 0.15) is 5.69 Å². The summed E-state index contributed by atoms with van der Waals surface area (Å²) in [5, 5.41) is 5.36. The van der Waals surface area contributed by atoms with Crippen LogP contribution >= 0.6 is 11.3 Å². The molecule has 0 saturated carbocycles. The quantitative estimate of drug-likeness (QED) is 0.815. The van der Waals surface area contributed by atoms with E-state index in [2.05, 4.69) is 27.1 Å². The van der Waals surface area contributed by atoms with Gasteiger partial charge in [0, 0.05) is 30.2 Å². The molecular weight excluding hydrogens is 324 g/mol. The second-order valence-corrected chi connectivity index (χ2v) is 7.30. The first kappa shape index (κ1) is 16.9. The highest BCUT2D eigenvalue weighted by Gasteiger charge is 2.18. The smallest absolute Gasteiger partial charge is 0.273 e. The van der Waals surface area contributed by atoms with Gasteiger partial charge in [0.15, 0.2) is 10.9 Å². The number of nitrogens with zero attached hydrogens (tertiary/aromatic N) is 2. The van der Waals surface area contributed by atoms with Gasteiger partial charge in [0.05, 0.1) is 5.69 Å². The van der Waals surface area contributed by atoms with E-state index < -0.39 is 0 Å². The molecule has 2 aromatic heterocycles. The molecule has 0 spiro atoms. The largest absolute Gasteiger partial charge is 0.356 e. The monoisotopic (exact) mass is 346 g/mol. The number of nitrogens with one attached hydrogen (secondary N) is 2. The summed E-state index contributed by atoms with van der Waals surface area (Å²) in [6.07, 6.45) is 4.08. The van der Waals surface area contributed by atoms with Crippen LogP contribution < -0.4 is 5.32 Å². The molecule has 6 nitrogen and oxygen atoms in total. The number of hydrogen-bond donors (Lipinski definition) is 2. The van der Waals surface area contributed by atoms with E-state index in [9.17, 15) is 9.59 Å². The Kier molecular flexibility index (Phi) is 5.11. The van der Waals surface area contributed by atoms with E-state index in [1.54, 1.807) is 12.3 Å². The fourth-order valence-electron chi connectivity index (χ4n) is 2.99. The Balaban J connectivity index is 1.58. The highest BCUT2D eigenvalue weighted by atomic mass is 32.1. The molecule has 7 heteroatoms. The van der Waals surface area contributed by atoms with Crippen molar-refractivity contribution in [3.8, 4) is 0 Å². The lowest BCUT2D eigenvalue weighted by Gasteiger charge is -2.30. The summed E-state index contributed by atoms with van der Waals surface area (Å²) in [5.41, 5.74) is 1.85. The van der Waals surface area contributed by atoms with Crippen LogP contribution in [0.1, 0.15) is 53.2 Å². The van der Waals surface area contributed by atoms with Gasteiger partial charge in [-0.2, -0.15) is 0 Å². The van der Waals surface area contributed by atoms with Crippen LogP contribution in [-0.2, 0) is 6.54 Å². The van der Waals surface area contributed by atoms with Gasteiger partial charge in [-0.1, -0.05) is 6.92 Å². The lowest BCUT2D eigenvalue weighted by molar-refractivity contribution is 0.101. The van der Waals surface area contributed by atoms with Crippen molar-refractivity contribution in [2.24, 2.45) is 5.92 Å². The highest BCUT2D eigenvalue weighted by Crippen LogP contribution is 2.21. The predicted molar refractivity (Wildman–Crippen MR) is 94.5 cm³/mol. The van der Waals surface area contributed by atoms with Gasteiger partial charge >= 0.3 is 0 Å². The molecule has 1 saturated heterocycles. The molecule has 24 heavy (non-hydrogen) atoms. The molecule has 1 atom stereocenters. The standard InChI is InChI=1S/C17H22N4O2S/c1-11-4-3-5-21(8-11)9-14-10-24-17(19-14)20-16(23)15-6-13(7-18-15)12(2)22/h6-7,10-11,18H,3-5,8-9H2,1-2H3,(H,19,20,23)/t11-/m1/s1. The first-order valence-electron chi connectivity index (χ1n) is 8.18. The minimum absolute atomic E-state index is 0.0717. The van der Waals surface area contributed by atoms with Crippen molar-refractivity contribution in [3.05, 3.63) is 34.6 Å². The average Bonchev–Trinajstić information content (AvgIpc) is 3.17. The maximum absolute atomic E-state index is 12.2. The second-order valence-electron chi connectivity index (χ2n) is 6.44. The molecule has 1 aliphatic heterocycles. The fraction of sp³-hybridized carbons (Fsp3) is 0.471. The summed E-state index contributed by atoms with van der Waals surface area (Å²) in [5.74, 6) is 0.382. The van der Waals surface area contributed by atoms with Crippen LogP contribution in [0.5, 0.6) is 0 Å². The van der Waals surface area contributed by atoms with E-state index in [-0.39, 0.29) is 11.7 Å². The number of carbonyl (C=O) groups is 2. The molecule has 0 unspecified atom stereocenters. The number of Topliss-reactive ketones (excluding diaryl/α,β-unsaturated/α-hetero) is 1. The van der Waals surface area contributed by atoms with Crippen LogP contribution in [0.25, 0.3) is 0 Å². The summed E-state index contributed by atoms with van der Waals surface area (Å²) in [4.78, 5) is 33.2. The van der Waals surface area contributed by atoms with Gasteiger partial charge in [0.2, 0.25) is 0 Å². The average molecular weight is 346 g/mol. The van der Waals surface area contributed by atoms with Crippen molar-refractivity contribution in [2.45, 2.75) is 33.2 Å². The number of hydrogen-bond acceptors (Lipinski definition) is 5. The zero-order chi connectivity index (χ0) is 17.1. The lowest BCUT2D eigenvalue weighted by Crippen LogP contribution is -2.33. The number of carbonyl (C=O) groups excluding carboxylic acids is 2. The van der Waals surface area contributed by atoms with Crippen molar-refractivity contribution in [1.29, 1.82) is 0 Å². The van der Waals surface area contributed by atoms with Crippen LogP contribution in [0.15, 0.2) is 17.6 Å². The number of aromatic amines is 1. The molecule has 2 N–H and O–H groups in total. The summed E-state index contributed by atoms with van der Waals surface area (Å²) >= 11 is 1.42. The van der Waals surface area contributed by atoms with E-state index in [1.807, 2.05) is 5.38 Å². The predicted octanol–water partition coefficient (Wildman–Crippen LogP) is 3.16. The third-order valence-electron chi connectivity index (χ3n) is 4.23. The number of thiazole rings is 1. The number of amides is 1. The van der Waals surface area contributed by atoms with Crippen molar-refractivity contribution in [3.63, 3.8) is 0 Å². The number of aromatic nitrogens is 2. The molecule has 0 bridgehead atoms. The molecule has 1 amide bonds. The first-order chi connectivity index (χ1) is 11.5. The van der Waals surface area contributed by atoms with Gasteiger partial charge in [-0.15, -0.1) is 11.3 Å². The second kappa shape index (κ2) is 7.27. The first-order valence-corrected chi connectivity index (χ1v) is 9.06. The van der Waals surface area contributed by atoms with Crippen LogP contribution in [-0.4, -0.2) is 39.6 Å². The van der Waals surface area contributed by atoms with E-state index in [0.717, 1.165) is 31.2 Å². The third kappa shape index (κ3) is 4.10.